The van der Waals surface area contributed by atoms with Gasteiger partial charge in [-0.2, -0.15) is 0 Å². The van der Waals surface area contributed by atoms with Gasteiger partial charge in [0.2, 0.25) is 5.24 Å². The van der Waals surface area contributed by atoms with Crippen molar-refractivity contribution in [2.45, 2.75) is 13.8 Å². The average molecular weight is 348 g/mol. The van der Waals surface area contributed by atoms with Crippen LogP contribution in [-0.4, -0.2) is 5.24 Å². The highest BCUT2D eigenvalue weighted by molar-refractivity contribution is 9.15. The summed E-state index contributed by atoms with van der Waals surface area (Å²) in [5, 5.41) is 0.456. The van der Waals surface area contributed by atoms with E-state index in [1.54, 1.807) is 0 Å². The predicted molar refractivity (Wildman–Crippen MR) is 80.0 cm³/mol. The molecule has 0 saturated heterocycles. The Morgan fingerprint density at radius 1 is 1.33 bits per heavy atom. The average Bonchev–Trinajstić information content (AvgIpc) is 2.81. The van der Waals surface area contributed by atoms with Crippen molar-refractivity contribution in [2.24, 2.45) is 17.3 Å². The predicted octanol–water partition coefficient (Wildman–Crippen LogP) is 5.11. The Morgan fingerprint density at radius 2 is 1.89 bits per heavy atom. The number of halogens is 3. The van der Waals surface area contributed by atoms with E-state index in [1.807, 2.05) is 24.3 Å². The van der Waals surface area contributed by atoms with Gasteiger partial charge < -0.3 is 0 Å². The molecule has 1 saturated carbocycles. The summed E-state index contributed by atoms with van der Waals surface area (Å²) in [6, 6.07) is 7.56. The Kier molecular flexibility index (Phi) is 3.91. The van der Waals surface area contributed by atoms with E-state index in [1.165, 1.54) is 0 Å². The summed E-state index contributed by atoms with van der Waals surface area (Å²) in [5.41, 5.74) is 0.993. The number of hydrogen-bond donors (Lipinski definition) is 0. The molecule has 0 amide bonds. The molecule has 4 heteroatoms. The van der Waals surface area contributed by atoms with Gasteiger partial charge in [0, 0.05) is 15.4 Å². The Hall–Kier alpha value is -0.310. The van der Waals surface area contributed by atoms with Crippen molar-refractivity contribution < 1.29 is 4.79 Å². The Balaban J connectivity index is 2.20. The highest BCUT2D eigenvalue weighted by Gasteiger charge is 2.59. The maximum Gasteiger partial charge on any atom is 0.225 e. The molecule has 1 aliphatic carbocycles. The fraction of sp³-hybridized carbons (Fsp3) is 0.357. The first-order valence-electron chi connectivity index (χ1n) is 5.66. The van der Waals surface area contributed by atoms with Crippen LogP contribution in [0.25, 0.3) is 4.48 Å². The second kappa shape index (κ2) is 4.99. The topological polar surface area (TPSA) is 17.1 Å². The SMILES string of the molecule is CC1(C)C(/C=C(\Br)c2ccc(Cl)cc2)C1C(=O)Cl. The molecule has 0 aromatic heterocycles. The molecule has 0 N–H and O–H groups in total. The van der Waals surface area contributed by atoms with E-state index >= 15 is 0 Å². The Labute approximate surface area is 125 Å². The molecule has 2 atom stereocenters. The molecular formula is C14H13BrCl2O. The molecule has 0 heterocycles. The fourth-order valence-electron chi connectivity index (χ4n) is 2.29. The Bertz CT molecular complexity index is 505. The number of hydrogen-bond acceptors (Lipinski definition) is 1. The van der Waals surface area contributed by atoms with E-state index < -0.39 is 0 Å². The van der Waals surface area contributed by atoms with Gasteiger partial charge >= 0.3 is 0 Å². The van der Waals surface area contributed by atoms with E-state index in [2.05, 4.69) is 35.9 Å². The summed E-state index contributed by atoms with van der Waals surface area (Å²) in [4.78, 5) is 11.3. The molecular weight excluding hydrogens is 335 g/mol. The molecule has 1 fully saturated rings. The molecule has 1 nitrogen and oxygen atoms in total. The van der Waals surface area contributed by atoms with Gasteiger partial charge in [-0.1, -0.05) is 59.6 Å². The van der Waals surface area contributed by atoms with E-state index in [-0.39, 0.29) is 22.5 Å². The van der Waals surface area contributed by atoms with Crippen molar-refractivity contribution in [2.75, 3.05) is 0 Å². The van der Waals surface area contributed by atoms with Crippen LogP contribution >= 0.6 is 39.1 Å². The minimum Gasteiger partial charge on any atom is -0.281 e. The van der Waals surface area contributed by atoms with Crippen LogP contribution in [-0.2, 0) is 4.79 Å². The minimum absolute atomic E-state index is 0.0513. The summed E-state index contributed by atoms with van der Waals surface area (Å²) in [7, 11) is 0. The monoisotopic (exact) mass is 346 g/mol. The van der Waals surface area contributed by atoms with Crippen LogP contribution in [0.2, 0.25) is 5.02 Å². The van der Waals surface area contributed by atoms with Crippen molar-refractivity contribution >= 4 is 48.9 Å². The summed E-state index contributed by atoms with van der Waals surface area (Å²) in [5.74, 6) is 0.103. The molecule has 0 radical (unpaired) electrons. The summed E-state index contributed by atoms with van der Waals surface area (Å²) < 4.78 is 0.970. The Morgan fingerprint density at radius 3 is 2.33 bits per heavy atom. The molecule has 1 aromatic rings. The van der Waals surface area contributed by atoms with Gasteiger partial charge in [0.25, 0.3) is 0 Å². The first kappa shape index (κ1) is 14.1. The zero-order valence-electron chi connectivity index (χ0n) is 10.1. The molecule has 0 bridgehead atoms. The van der Waals surface area contributed by atoms with Crippen molar-refractivity contribution in [3.8, 4) is 0 Å². The lowest BCUT2D eigenvalue weighted by Crippen LogP contribution is -1.96. The zero-order valence-corrected chi connectivity index (χ0v) is 13.2. The smallest absolute Gasteiger partial charge is 0.225 e. The summed E-state index contributed by atoms with van der Waals surface area (Å²) in [6.07, 6.45) is 2.06. The van der Waals surface area contributed by atoms with Crippen LogP contribution in [0.15, 0.2) is 30.3 Å². The maximum absolute atomic E-state index is 11.3. The lowest BCUT2D eigenvalue weighted by molar-refractivity contribution is -0.113. The van der Waals surface area contributed by atoms with Crippen LogP contribution in [0.4, 0.5) is 0 Å². The van der Waals surface area contributed by atoms with E-state index in [9.17, 15) is 4.79 Å². The molecule has 0 aliphatic heterocycles. The minimum atomic E-state index is -0.252. The molecule has 1 aromatic carbocycles. The third-order valence-corrected chi connectivity index (χ3v) is 4.81. The largest absolute Gasteiger partial charge is 0.281 e. The van der Waals surface area contributed by atoms with Gasteiger partial charge in [-0.3, -0.25) is 4.79 Å². The van der Waals surface area contributed by atoms with Crippen LogP contribution in [0.3, 0.4) is 0 Å². The number of carbonyl (C=O) groups excluding carboxylic acids is 1. The van der Waals surface area contributed by atoms with Crippen molar-refractivity contribution in [1.82, 2.24) is 0 Å². The summed E-state index contributed by atoms with van der Waals surface area (Å²) in [6.45, 7) is 4.11. The second-order valence-corrected chi connectivity index (χ2v) is 6.81. The van der Waals surface area contributed by atoms with Gasteiger partial charge in [0.05, 0.1) is 0 Å². The van der Waals surface area contributed by atoms with Crippen molar-refractivity contribution in [1.29, 1.82) is 0 Å². The second-order valence-electron chi connectivity index (χ2n) is 5.15. The fourth-order valence-corrected chi connectivity index (χ4v) is 3.38. The quantitative estimate of drug-likeness (QED) is 0.694. The van der Waals surface area contributed by atoms with E-state index in [0.29, 0.717) is 5.02 Å². The maximum atomic E-state index is 11.3. The molecule has 96 valence electrons. The third-order valence-electron chi connectivity index (χ3n) is 3.60. The van der Waals surface area contributed by atoms with Crippen molar-refractivity contribution in [3.05, 3.63) is 40.9 Å². The molecule has 2 unspecified atom stereocenters. The number of rotatable bonds is 3. The van der Waals surface area contributed by atoms with E-state index in [0.717, 1.165) is 10.0 Å². The number of allylic oxidation sites excluding steroid dienone is 1. The van der Waals surface area contributed by atoms with Gasteiger partial charge in [0.1, 0.15) is 0 Å². The molecule has 2 rings (SSSR count). The van der Waals surface area contributed by atoms with Crippen molar-refractivity contribution in [3.63, 3.8) is 0 Å². The normalized spacial score (nSPS) is 25.9. The number of carbonyl (C=O) groups is 1. The molecule has 18 heavy (non-hydrogen) atoms. The van der Waals surface area contributed by atoms with Gasteiger partial charge in [-0.05, 0) is 40.6 Å². The van der Waals surface area contributed by atoms with Gasteiger partial charge in [-0.15, -0.1) is 0 Å². The highest BCUT2D eigenvalue weighted by atomic mass is 79.9. The third kappa shape index (κ3) is 2.66. The molecule has 1 aliphatic rings. The number of benzene rings is 1. The highest BCUT2D eigenvalue weighted by Crippen LogP contribution is 2.60. The molecule has 0 spiro atoms. The first-order valence-corrected chi connectivity index (χ1v) is 7.21. The van der Waals surface area contributed by atoms with Crippen LogP contribution in [0.5, 0.6) is 0 Å². The van der Waals surface area contributed by atoms with Crippen LogP contribution in [0, 0.1) is 17.3 Å². The van der Waals surface area contributed by atoms with Gasteiger partial charge in [-0.25, -0.2) is 0 Å². The van der Waals surface area contributed by atoms with Crippen LogP contribution in [0.1, 0.15) is 19.4 Å². The van der Waals surface area contributed by atoms with Gasteiger partial charge in [0.15, 0.2) is 0 Å². The summed E-state index contributed by atoms with van der Waals surface area (Å²) >= 11 is 15.0. The van der Waals surface area contributed by atoms with E-state index in [4.69, 9.17) is 23.2 Å². The first-order chi connectivity index (χ1) is 8.34. The lowest BCUT2D eigenvalue weighted by Gasteiger charge is -2.01. The van der Waals surface area contributed by atoms with Crippen LogP contribution < -0.4 is 0 Å². The zero-order chi connectivity index (χ0) is 13.5. The standard InChI is InChI=1S/C14H13BrCl2O/c1-14(2)10(12(14)13(17)18)7-11(15)8-3-5-9(16)6-4-8/h3-7,10,12H,1-2H3/b11-7-. The lowest BCUT2D eigenvalue weighted by atomic mass is 10.1.